The van der Waals surface area contributed by atoms with Gasteiger partial charge in [-0.15, -0.1) is 22.7 Å². The van der Waals surface area contributed by atoms with Crippen LogP contribution in [-0.4, -0.2) is 33.7 Å². The molecule has 0 aliphatic carbocycles. The molecule has 2 aliphatic heterocycles. The maximum Gasteiger partial charge on any atom is 0.261 e. The summed E-state index contributed by atoms with van der Waals surface area (Å²) < 4.78 is 1.99. The van der Waals surface area contributed by atoms with Gasteiger partial charge < -0.3 is 9.80 Å². The zero-order valence-corrected chi connectivity index (χ0v) is 26.2. The second kappa shape index (κ2) is 12.1. The van der Waals surface area contributed by atoms with Crippen molar-refractivity contribution in [2.75, 3.05) is 0 Å². The van der Waals surface area contributed by atoms with Crippen LogP contribution in [0.3, 0.4) is 0 Å². The van der Waals surface area contributed by atoms with Crippen molar-refractivity contribution in [1.29, 1.82) is 0 Å². The highest BCUT2D eigenvalue weighted by molar-refractivity contribution is 9.11. The van der Waals surface area contributed by atoms with E-state index in [-0.39, 0.29) is 23.9 Å². The number of rotatable bonds is 12. The van der Waals surface area contributed by atoms with Gasteiger partial charge in [-0.1, -0.05) is 53.4 Å². The van der Waals surface area contributed by atoms with Crippen molar-refractivity contribution in [2.45, 2.75) is 91.1 Å². The zero-order valence-electron chi connectivity index (χ0n) is 21.4. The Morgan fingerprint density at radius 3 is 1.36 bits per heavy atom. The fraction of sp³-hybridized carbons (Fsp3) is 0.500. The number of amides is 2. The molecule has 2 aromatic heterocycles. The first-order valence-corrected chi connectivity index (χ1v) is 16.3. The molecule has 0 saturated carbocycles. The van der Waals surface area contributed by atoms with Gasteiger partial charge in [0.15, 0.2) is 0 Å². The summed E-state index contributed by atoms with van der Waals surface area (Å²) in [7, 11) is 0. The number of hydrogen-bond donors (Lipinski definition) is 0. The van der Waals surface area contributed by atoms with Crippen molar-refractivity contribution < 1.29 is 9.59 Å². The van der Waals surface area contributed by atoms with Crippen LogP contribution in [0.25, 0.3) is 11.4 Å². The van der Waals surface area contributed by atoms with Crippen LogP contribution in [-0.2, 0) is 9.59 Å². The van der Waals surface area contributed by atoms with Crippen molar-refractivity contribution in [3.63, 3.8) is 0 Å². The summed E-state index contributed by atoms with van der Waals surface area (Å²) in [6, 6.07) is 8.24. The van der Waals surface area contributed by atoms with E-state index in [1.54, 1.807) is 22.7 Å². The van der Waals surface area contributed by atoms with Crippen molar-refractivity contribution >= 4 is 77.7 Å². The van der Waals surface area contributed by atoms with Crippen LogP contribution in [0.1, 0.15) is 88.8 Å². The molecule has 2 amide bonds. The van der Waals surface area contributed by atoms with Gasteiger partial charge in [0, 0.05) is 12.1 Å². The van der Waals surface area contributed by atoms with Crippen LogP contribution in [0.2, 0.25) is 0 Å². The molecule has 194 valence electrons. The molecule has 2 aromatic rings. The third-order valence-corrected chi connectivity index (χ3v) is 10.4. The molecule has 0 N–H and O–H groups in total. The van der Waals surface area contributed by atoms with Crippen LogP contribution in [0.4, 0.5) is 0 Å². The summed E-state index contributed by atoms with van der Waals surface area (Å²) >= 11 is 10.4. The molecule has 4 nitrogen and oxygen atoms in total. The number of nitrogens with zero attached hydrogens (tertiary/aromatic N) is 2. The molecular formula is C28H34Br2N2O2S2. The molecule has 8 heteroatoms. The Morgan fingerprint density at radius 2 is 1.08 bits per heavy atom. The van der Waals surface area contributed by atoms with Crippen molar-refractivity contribution in [2.24, 2.45) is 0 Å². The van der Waals surface area contributed by atoms with Gasteiger partial charge in [-0.2, -0.15) is 0 Å². The number of fused-ring (bicyclic) bond motifs is 1. The first kappa shape index (κ1) is 27.8. The third kappa shape index (κ3) is 5.07. The van der Waals surface area contributed by atoms with E-state index < -0.39 is 0 Å². The van der Waals surface area contributed by atoms with Crippen LogP contribution in [0.15, 0.2) is 43.0 Å². The Labute approximate surface area is 239 Å². The molecule has 36 heavy (non-hydrogen) atoms. The average Bonchev–Trinajstić information content (AvgIpc) is 3.62. The van der Waals surface area contributed by atoms with E-state index in [0.29, 0.717) is 11.1 Å². The molecule has 0 fully saturated rings. The van der Waals surface area contributed by atoms with Gasteiger partial charge in [0.1, 0.15) is 0 Å². The molecule has 0 aromatic carbocycles. The summed E-state index contributed by atoms with van der Waals surface area (Å²) in [6.45, 7) is 8.65. The molecule has 0 saturated heterocycles. The molecule has 4 heterocycles. The lowest BCUT2D eigenvalue weighted by atomic mass is 10.0. The van der Waals surface area contributed by atoms with E-state index in [9.17, 15) is 9.59 Å². The predicted molar refractivity (Wildman–Crippen MR) is 159 cm³/mol. The van der Waals surface area contributed by atoms with Crippen LogP contribution < -0.4 is 0 Å². The maximum absolute atomic E-state index is 14.4. The van der Waals surface area contributed by atoms with Gasteiger partial charge in [-0.25, -0.2) is 0 Å². The zero-order chi connectivity index (χ0) is 26.0. The highest BCUT2D eigenvalue weighted by Gasteiger charge is 2.51. The smallest absolute Gasteiger partial charge is 0.261 e. The topological polar surface area (TPSA) is 40.6 Å². The Kier molecular flexibility index (Phi) is 9.34. The lowest BCUT2D eigenvalue weighted by Crippen LogP contribution is -2.39. The van der Waals surface area contributed by atoms with Gasteiger partial charge in [-0.05, 0) is 81.8 Å². The van der Waals surface area contributed by atoms with Crippen LogP contribution in [0.5, 0.6) is 0 Å². The van der Waals surface area contributed by atoms with Crippen molar-refractivity contribution in [3.05, 3.63) is 52.7 Å². The monoisotopic (exact) mass is 652 g/mol. The summed E-state index contributed by atoms with van der Waals surface area (Å²) in [5, 5.41) is 0. The lowest BCUT2D eigenvalue weighted by Gasteiger charge is -2.33. The first-order chi connectivity index (χ1) is 17.4. The van der Waals surface area contributed by atoms with Gasteiger partial charge in [0.25, 0.3) is 11.8 Å². The second-order valence-corrected chi connectivity index (χ2v) is 14.3. The number of thiophene rings is 2. The highest BCUT2D eigenvalue weighted by atomic mass is 79.9. The number of carbonyl (C=O) groups is 2. The SMILES string of the molecule is CCCCC(CC)N1C(=O)C2=C(c3ccc(Br)s3)N(C(CC)CCCC)C(=O)C2=C1c1ccc(Br)s1. The largest absolute Gasteiger partial charge is 0.303 e. The van der Waals surface area contributed by atoms with E-state index in [1.807, 2.05) is 34.1 Å². The van der Waals surface area contributed by atoms with Gasteiger partial charge in [0.05, 0.1) is 39.9 Å². The highest BCUT2D eigenvalue weighted by Crippen LogP contribution is 2.51. The van der Waals surface area contributed by atoms with Gasteiger partial charge in [0.2, 0.25) is 0 Å². The number of unbranched alkanes of at least 4 members (excludes halogenated alkanes) is 2. The summed E-state index contributed by atoms with van der Waals surface area (Å²) in [5.74, 6) is -0.0404. The van der Waals surface area contributed by atoms with Crippen LogP contribution in [0, 0.1) is 0 Å². The second-order valence-electron chi connectivity index (χ2n) is 9.41. The van der Waals surface area contributed by atoms with Crippen molar-refractivity contribution in [1.82, 2.24) is 9.80 Å². The van der Waals surface area contributed by atoms with Crippen LogP contribution >= 0.6 is 54.5 Å². The predicted octanol–water partition coefficient (Wildman–Crippen LogP) is 9.08. The minimum atomic E-state index is -0.0202. The Bertz CT molecular complexity index is 1100. The lowest BCUT2D eigenvalue weighted by molar-refractivity contribution is -0.125. The molecule has 4 rings (SSSR count). The summed E-state index contributed by atoms with van der Waals surface area (Å²) in [5.41, 5.74) is 2.80. The van der Waals surface area contributed by atoms with E-state index >= 15 is 0 Å². The molecule has 0 bridgehead atoms. The fourth-order valence-electron chi connectivity index (χ4n) is 5.31. The molecular weight excluding hydrogens is 620 g/mol. The van der Waals surface area contributed by atoms with E-state index in [4.69, 9.17) is 0 Å². The number of carbonyl (C=O) groups excluding carboxylic acids is 2. The van der Waals surface area contributed by atoms with Gasteiger partial charge >= 0.3 is 0 Å². The minimum absolute atomic E-state index is 0.0202. The average molecular weight is 655 g/mol. The Hall–Kier alpha value is -1.22. The van der Waals surface area contributed by atoms with E-state index in [0.717, 1.165) is 80.1 Å². The Morgan fingerprint density at radius 1 is 0.694 bits per heavy atom. The number of halogens is 2. The minimum Gasteiger partial charge on any atom is -0.303 e. The van der Waals surface area contributed by atoms with E-state index in [2.05, 4.69) is 59.6 Å². The standard InChI is InChI=1S/C28H34Br2N2O2S2/c1-5-9-11-17(7-3)31-25(19-13-15-21(29)35-19)23-24(27(31)33)26(20-14-16-22(30)36-20)32(28(23)34)18(8-4)12-10-6-2/h13-18H,5-12H2,1-4H3. The number of hydrogen-bond acceptors (Lipinski definition) is 4. The molecule has 0 radical (unpaired) electrons. The normalized spacial score (nSPS) is 17.6. The summed E-state index contributed by atoms with van der Waals surface area (Å²) in [4.78, 5) is 34.6. The van der Waals surface area contributed by atoms with Gasteiger partial charge in [-0.3, -0.25) is 9.59 Å². The molecule has 0 spiro atoms. The molecule has 2 unspecified atom stereocenters. The van der Waals surface area contributed by atoms with E-state index in [1.165, 1.54) is 0 Å². The van der Waals surface area contributed by atoms with Crippen molar-refractivity contribution in [3.8, 4) is 0 Å². The third-order valence-electron chi connectivity index (χ3n) is 7.14. The first-order valence-electron chi connectivity index (χ1n) is 13.0. The fourth-order valence-corrected chi connectivity index (χ4v) is 8.18. The quantitative estimate of drug-likeness (QED) is 0.229. The molecule has 2 atom stereocenters. The summed E-state index contributed by atoms with van der Waals surface area (Å²) in [6.07, 6.45) is 7.84. The molecule has 2 aliphatic rings. The maximum atomic E-state index is 14.4. The Balaban J connectivity index is 1.97.